The van der Waals surface area contributed by atoms with Crippen LogP contribution in [0.25, 0.3) is 11.0 Å². The number of aromatic nitrogens is 2. The van der Waals surface area contributed by atoms with E-state index in [-0.39, 0.29) is 10.9 Å². The lowest BCUT2D eigenvalue weighted by Gasteiger charge is -2.15. The van der Waals surface area contributed by atoms with E-state index in [9.17, 15) is 8.42 Å². The Balaban J connectivity index is 1.90. The highest BCUT2D eigenvalue weighted by atomic mass is 32.2. The van der Waals surface area contributed by atoms with Gasteiger partial charge in [-0.05, 0) is 43.7 Å². The topological polar surface area (TPSA) is 73.2 Å². The quantitative estimate of drug-likeness (QED) is 0.746. The summed E-state index contributed by atoms with van der Waals surface area (Å²) in [6.45, 7) is 0.975. The number of fused-ring (bicyclic) bond motifs is 1. The van der Waals surface area contributed by atoms with Crippen LogP contribution in [0.4, 0.5) is 0 Å². The Bertz CT molecular complexity index is 1020. The third kappa shape index (κ3) is 2.97. The molecule has 136 valence electrons. The molecule has 3 heterocycles. The second kappa shape index (κ2) is 6.74. The van der Waals surface area contributed by atoms with E-state index in [2.05, 4.69) is 10.3 Å². The molecule has 0 unspecified atom stereocenters. The van der Waals surface area contributed by atoms with Crippen molar-refractivity contribution in [2.75, 3.05) is 13.7 Å². The average molecular weight is 371 g/mol. The lowest BCUT2D eigenvalue weighted by molar-refractivity contribution is 0.399. The maximum Gasteiger partial charge on any atom is 0.268 e. The van der Waals surface area contributed by atoms with Crippen molar-refractivity contribution in [1.82, 2.24) is 14.3 Å². The van der Waals surface area contributed by atoms with Crippen LogP contribution in [0, 0.1) is 0 Å². The van der Waals surface area contributed by atoms with E-state index in [4.69, 9.17) is 4.74 Å². The first-order valence-corrected chi connectivity index (χ1v) is 10.1. The van der Waals surface area contributed by atoms with Crippen molar-refractivity contribution in [2.24, 2.45) is 0 Å². The van der Waals surface area contributed by atoms with Crippen molar-refractivity contribution in [1.29, 1.82) is 0 Å². The number of hydrogen-bond acceptors (Lipinski definition) is 5. The fraction of sp³-hybridized carbons (Fsp3) is 0.316. The SMILES string of the molecule is COc1ccc2c(cc(C[C@H]3CCCN3)n2S(=O)(=O)c2ccccc2)n1. The van der Waals surface area contributed by atoms with Crippen molar-refractivity contribution in [3.05, 3.63) is 54.2 Å². The Morgan fingerprint density at radius 3 is 2.73 bits per heavy atom. The van der Waals surface area contributed by atoms with E-state index in [1.165, 1.54) is 3.97 Å². The molecule has 1 aliphatic heterocycles. The van der Waals surface area contributed by atoms with Gasteiger partial charge in [-0.15, -0.1) is 0 Å². The number of nitrogens with zero attached hydrogens (tertiary/aromatic N) is 2. The summed E-state index contributed by atoms with van der Waals surface area (Å²) in [5.41, 5.74) is 1.93. The maximum atomic E-state index is 13.3. The van der Waals surface area contributed by atoms with E-state index in [0.717, 1.165) is 25.1 Å². The summed E-state index contributed by atoms with van der Waals surface area (Å²) in [7, 11) is -2.16. The summed E-state index contributed by atoms with van der Waals surface area (Å²) in [5, 5.41) is 3.44. The summed E-state index contributed by atoms with van der Waals surface area (Å²) in [5.74, 6) is 0.470. The monoisotopic (exact) mass is 371 g/mol. The van der Waals surface area contributed by atoms with E-state index in [1.54, 1.807) is 43.5 Å². The zero-order valence-corrected chi connectivity index (χ0v) is 15.4. The molecule has 1 atom stereocenters. The highest BCUT2D eigenvalue weighted by molar-refractivity contribution is 7.90. The van der Waals surface area contributed by atoms with Gasteiger partial charge in [0.2, 0.25) is 5.88 Å². The summed E-state index contributed by atoms with van der Waals surface area (Å²) in [4.78, 5) is 4.70. The molecule has 0 bridgehead atoms. The van der Waals surface area contributed by atoms with Gasteiger partial charge in [0.15, 0.2) is 0 Å². The lowest BCUT2D eigenvalue weighted by atomic mass is 10.1. The van der Waals surface area contributed by atoms with Gasteiger partial charge in [0, 0.05) is 24.2 Å². The minimum absolute atomic E-state index is 0.272. The molecule has 0 spiro atoms. The number of pyridine rings is 1. The summed E-state index contributed by atoms with van der Waals surface area (Å²) in [6.07, 6.45) is 2.80. The first-order valence-electron chi connectivity index (χ1n) is 8.69. The summed E-state index contributed by atoms with van der Waals surface area (Å²) in [6, 6.07) is 14.1. The highest BCUT2D eigenvalue weighted by Crippen LogP contribution is 2.28. The van der Waals surface area contributed by atoms with Crippen molar-refractivity contribution < 1.29 is 13.2 Å². The fourth-order valence-corrected chi connectivity index (χ4v) is 5.08. The Morgan fingerprint density at radius 1 is 1.23 bits per heavy atom. The average Bonchev–Trinajstić information content (AvgIpc) is 3.29. The van der Waals surface area contributed by atoms with E-state index >= 15 is 0 Å². The van der Waals surface area contributed by atoms with Crippen LogP contribution in [0.5, 0.6) is 5.88 Å². The van der Waals surface area contributed by atoms with Gasteiger partial charge in [0.05, 0.1) is 23.0 Å². The van der Waals surface area contributed by atoms with Gasteiger partial charge in [-0.1, -0.05) is 18.2 Å². The second-order valence-electron chi connectivity index (χ2n) is 6.47. The molecule has 6 nitrogen and oxygen atoms in total. The number of methoxy groups -OCH3 is 1. The number of rotatable bonds is 5. The molecule has 7 heteroatoms. The minimum atomic E-state index is -3.71. The third-order valence-corrected chi connectivity index (χ3v) is 6.55. The van der Waals surface area contributed by atoms with Gasteiger partial charge in [-0.2, -0.15) is 0 Å². The van der Waals surface area contributed by atoms with Gasteiger partial charge in [0.25, 0.3) is 10.0 Å². The number of hydrogen-bond donors (Lipinski definition) is 1. The van der Waals surface area contributed by atoms with Gasteiger partial charge < -0.3 is 10.1 Å². The van der Waals surface area contributed by atoms with Crippen LogP contribution in [-0.2, 0) is 16.4 Å². The zero-order valence-electron chi connectivity index (χ0n) is 14.6. The Kier molecular flexibility index (Phi) is 4.42. The van der Waals surface area contributed by atoms with Crippen LogP contribution < -0.4 is 10.1 Å². The van der Waals surface area contributed by atoms with Gasteiger partial charge >= 0.3 is 0 Å². The van der Waals surface area contributed by atoms with Crippen LogP contribution in [0.2, 0.25) is 0 Å². The van der Waals surface area contributed by atoms with Crippen LogP contribution in [-0.4, -0.2) is 37.1 Å². The molecular weight excluding hydrogens is 350 g/mol. The van der Waals surface area contributed by atoms with Crippen molar-refractivity contribution >= 4 is 21.1 Å². The molecule has 0 saturated carbocycles. The maximum absolute atomic E-state index is 13.3. The molecule has 0 aliphatic carbocycles. The van der Waals surface area contributed by atoms with E-state index < -0.39 is 10.0 Å². The standard InChI is InChI=1S/C19H21N3O3S/c1-25-19-10-9-18-17(21-19)13-15(12-14-6-5-11-20-14)22(18)26(23,24)16-7-3-2-4-8-16/h2-4,7-10,13-14,20H,5-6,11-12H2,1H3/t14-/m1/s1. The normalized spacial score (nSPS) is 17.7. The van der Waals surface area contributed by atoms with Crippen LogP contribution in [0.3, 0.4) is 0 Å². The zero-order chi connectivity index (χ0) is 18.1. The molecule has 1 saturated heterocycles. The Labute approximate surface area is 152 Å². The molecule has 2 aromatic heterocycles. The Hall–Kier alpha value is -2.38. The number of benzene rings is 1. The fourth-order valence-electron chi connectivity index (χ4n) is 3.52. The molecule has 0 radical (unpaired) electrons. The summed E-state index contributed by atoms with van der Waals surface area (Å²) >= 11 is 0. The first kappa shape index (κ1) is 17.1. The molecule has 1 N–H and O–H groups in total. The molecule has 4 rings (SSSR count). The Morgan fingerprint density at radius 2 is 2.04 bits per heavy atom. The van der Waals surface area contributed by atoms with Gasteiger partial charge in [-0.25, -0.2) is 17.4 Å². The van der Waals surface area contributed by atoms with Crippen LogP contribution in [0.15, 0.2) is 53.4 Å². The lowest BCUT2D eigenvalue weighted by Crippen LogP contribution is -2.26. The largest absolute Gasteiger partial charge is 0.481 e. The van der Waals surface area contributed by atoms with Crippen LogP contribution >= 0.6 is 0 Å². The first-order chi connectivity index (χ1) is 12.6. The van der Waals surface area contributed by atoms with E-state index in [1.807, 2.05) is 12.1 Å². The molecule has 1 aliphatic rings. The predicted molar refractivity (Wildman–Crippen MR) is 100 cm³/mol. The molecule has 3 aromatic rings. The number of nitrogens with one attached hydrogen (secondary N) is 1. The van der Waals surface area contributed by atoms with E-state index in [0.29, 0.717) is 23.3 Å². The third-order valence-electron chi connectivity index (χ3n) is 4.77. The highest BCUT2D eigenvalue weighted by Gasteiger charge is 2.26. The van der Waals surface area contributed by atoms with Crippen molar-refractivity contribution in [3.8, 4) is 5.88 Å². The number of ether oxygens (including phenoxy) is 1. The summed E-state index contributed by atoms with van der Waals surface area (Å²) < 4.78 is 33.3. The second-order valence-corrected chi connectivity index (χ2v) is 8.26. The molecule has 1 aromatic carbocycles. The molecular formula is C19H21N3O3S. The van der Waals surface area contributed by atoms with Crippen molar-refractivity contribution in [3.63, 3.8) is 0 Å². The molecule has 26 heavy (non-hydrogen) atoms. The van der Waals surface area contributed by atoms with Gasteiger partial charge in [-0.3, -0.25) is 0 Å². The minimum Gasteiger partial charge on any atom is -0.481 e. The molecule has 0 amide bonds. The predicted octanol–water partition coefficient (Wildman–Crippen LogP) is 2.58. The molecule has 1 fully saturated rings. The smallest absolute Gasteiger partial charge is 0.268 e. The van der Waals surface area contributed by atoms with Gasteiger partial charge in [0.1, 0.15) is 0 Å². The van der Waals surface area contributed by atoms with Crippen LogP contribution in [0.1, 0.15) is 18.5 Å². The van der Waals surface area contributed by atoms with Crippen molar-refractivity contribution in [2.45, 2.75) is 30.2 Å².